The Morgan fingerprint density at radius 1 is 0.846 bits per heavy atom. The summed E-state index contributed by atoms with van der Waals surface area (Å²) in [5.41, 5.74) is -0.728. The zero-order valence-corrected chi connectivity index (χ0v) is 33.0. The molecular formula is C42H57NO8Si. The van der Waals surface area contributed by atoms with Crippen LogP contribution in [-0.2, 0) is 25.1 Å². The molecule has 0 aliphatic carbocycles. The fourth-order valence-electron chi connectivity index (χ4n) is 7.44. The molecule has 0 aliphatic heterocycles. The number of fused-ring (bicyclic) bond motifs is 1. The van der Waals surface area contributed by atoms with E-state index in [2.05, 4.69) is 45.0 Å². The van der Waals surface area contributed by atoms with Crippen LogP contribution in [0.3, 0.4) is 0 Å². The van der Waals surface area contributed by atoms with Gasteiger partial charge in [-0.3, -0.25) is 4.79 Å². The third-order valence-corrected chi connectivity index (χ3v) is 14.9. The van der Waals surface area contributed by atoms with E-state index < -0.39 is 50.0 Å². The van der Waals surface area contributed by atoms with Gasteiger partial charge in [0.15, 0.2) is 0 Å². The van der Waals surface area contributed by atoms with Gasteiger partial charge in [-0.15, -0.1) is 0 Å². The summed E-state index contributed by atoms with van der Waals surface area (Å²) in [4.78, 5) is 28.1. The first-order valence-electron chi connectivity index (χ1n) is 18.2. The number of hydrogen-bond donors (Lipinski definition) is 3. The van der Waals surface area contributed by atoms with Crippen LogP contribution in [0.5, 0.6) is 0 Å². The van der Waals surface area contributed by atoms with Crippen LogP contribution in [0.1, 0.15) is 84.9 Å². The Labute approximate surface area is 309 Å². The van der Waals surface area contributed by atoms with E-state index in [4.69, 9.17) is 13.9 Å². The highest BCUT2D eigenvalue weighted by Crippen LogP contribution is 2.41. The van der Waals surface area contributed by atoms with Gasteiger partial charge in [0.1, 0.15) is 5.60 Å². The van der Waals surface area contributed by atoms with Crippen LogP contribution in [0, 0.1) is 5.92 Å². The Morgan fingerprint density at radius 2 is 1.40 bits per heavy atom. The number of aliphatic hydroxyl groups is 3. The SMILES string of the molecule is CC[C@](O)(CO)C[C@H](CO[Si](c1ccccc1)(c1ccccc1)C(C)(C)C)CC(C(=O)OC)c1c(CCO)c2ccccc2n1C(=O)OC(C)(C)C. The average molecular weight is 732 g/mol. The molecule has 9 nitrogen and oxygen atoms in total. The minimum atomic E-state index is -3.05. The number of hydrogen-bond acceptors (Lipinski definition) is 8. The Bertz CT molecular complexity index is 1730. The maximum atomic E-state index is 14.1. The number of ether oxygens (including phenoxy) is 2. The zero-order chi connectivity index (χ0) is 38.3. The Kier molecular flexibility index (Phi) is 13.3. The molecule has 3 atom stereocenters. The molecule has 0 aliphatic rings. The quantitative estimate of drug-likeness (QED) is 0.0958. The summed E-state index contributed by atoms with van der Waals surface area (Å²) in [6.07, 6.45) is 0.0316. The van der Waals surface area contributed by atoms with Gasteiger partial charge in [-0.05, 0) is 79.4 Å². The number of rotatable bonds is 15. The van der Waals surface area contributed by atoms with Gasteiger partial charge in [0, 0.05) is 24.3 Å². The van der Waals surface area contributed by atoms with E-state index >= 15 is 0 Å². The number of nitrogens with zero attached hydrogens (tertiary/aromatic N) is 1. The third-order valence-electron chi connectivity index (χ3n) is 9.92. The molecule has 0 radical (unpaired) electrons. The third kappa shape index (κ3) is 8.86. The van der Waals surface area contributed by atoms with Crippen LogP contribution in [0.4, 0.5) is 4.79 Å². The molecule has 282 valence electrons. The predicted molar refractivity (Wildman–Crippen MR) is 208 cm³/mol. The second kappa shape index (κ2) is 16.9. The molecule has 4 aromatic rings. The molecular weight excluding hydrogens is 675 g/mol. The summed E-state index contributed by atoms with van der Waals surface area (Å²) in [6.45, 7) is 13.1. The first kappa shape index (κ1) is 41.0. The normalized spacial score (nSPS) is 14.8. The maximum absolute atomic E-state index is 14.1. The van der Waals surface area contributed by atoms with Crippen molar-refractivity contribution < 1.29 is 38.8 Å². The van der Waals surface area contributed by atoms with Gasteiger partial charge in [-0.2, -0.15) is 0 Å². The number of aliphatic hydroxyl groups excluding tert-OH is 2. The van der Waals surface area contributed by atoms with Crippen LogP contribution < -0.4 is 10.4 Å². The van der Waals surface area contributed by atoms with E-state index in [0.717, 1.165) is 10.4 Å². The molecule has 52 heavy (non-hydrogen) atoms. The van der Waals surface area contributed by atoms with E-state index in [1.807, 2.05) is 61.5 Å². The summed E-state index contributed by atoms with van der Waals surface area (Å²) in [5, 5.41) is 34.8. The zero-order valence-electron chi connectivity index (χ0n) is 32.0. The van der Waals surface area contributed by atoms with Gasteiger partial charge in [0.2, 0.25) is 0 Å². The smallest absolute Gasteiger partial charge is 0.419 e. The highest BCUT2D eigenvalue weighted by atomic mass is 28.4. The summed E-state index contributed by atoms with van der Waals surface area (Å²) < 4.78 is 20.1. The lowest BCUT2D eigenvalue weighted by atomic mass is 9.82. The minimum absolute atomic E-state index is 0.116. The van der Waals surface area contributed by atoms with E-state index in [0.29, 0.717) is 22.2 Å². The lowest BCUT2D eigenvalue weighted by Crippen LogP contribution is -2.67. The Balaban J connectivity index is 1.94. The molecule has 4 rings (SSSR count). The number of benzene rings is 3. The minimum Gasteiger partial charge on any atom is -0.469 e. The first-order chi connectivity index (χ1) is 24.6. The highest BCUT2D eigenvalue weighted by molar-refractivity contribution is 6.99. The summed E-state index contributed by atoms with van der Waals surface area (Å²) in [6, 6.07) is 27.8. The van der Waals surface area contributed by atoms with Crippen molar-refractivity contribution in [3.63, 3.8) is 0 Å². The second-order valence-corrected chi connectivity index (χ2v) is 20.1. The van der Waals surface area contributed by atoms with E-state index in [1.165, 1.54) is 11.7 Å². The molecule has 0 amide bonds. The maximum Gasteiger partial charge on any atom is 0.419 e. The van der Waals surface area contributed by atoms with Crippen molar-refractivity contribution in [2.75, 3.05) is 26.9 Å². The van der Waals surface area contributed by atoms with Crippen molar-refractivity contribution >= 4 is 41.7 Å². The monoisotopic (exact) mass is 731 g/mol. The van der Waals surface area contributed by atoms with E-state index in [1.54, 1.807) is 26.8 Å². The average Bonchev–Trinajstić information content (AvgIpc) is 3.43. The highest BCUT2D eigenvalue weighted by Gasteiger charge is 2.51. The van der Waals surface area contributed by atoms with Crippen molar-refractivity contribution in [1.82, 2.24) is 4.57 Å². The van der Waals surface area contributed by atoms with Gasteiger partial charge >= 0.3 is 12.1 Å². The molecule has 3 N–H and O–H groups in total. The molecule has 0 saturated carbocycles. The number of carbonyl (C=O) groups is 2. The fourth-order valence-corrected chi connectivity index (χ4v) is 12.1. The molecule has 0 fully saturated rings. The first-order valence-corrected chi connectivity index (χ1v) is 20.1. The van der Waals surface area contributed by atoms with Crippen molar-refractivity contribution in [2.24, 2.45) is 5.92 Å². The van der Waals surface area contributed by atoms with Crippen LogP contribution in [0.15, 0.2) is 84.9 Å². The van der Waals surface area contributed by atoms with E-state index in [9.17, 15) is 24.9 Å². The van der Waals surface area contributed by atoms with Crippen LogP contribution in [-0.4, -0.2) is 78.4 Å². The molecule has 1 unspecified atom stereocenters. The number of aromatic nitrogens is 1. The summed E-state index contributed by atoms with van der Waals surface area (Å²) >= 11 is 0. The number of methoxy groups -OCH3 is 1. The number of carbonyl (C=O) groups excluding carboxylic acids is 2. The van der Waals surface area contributed by atoms with Gasteiger partial charge < -0.3 is 29.2 Å². The lowest BCUT2D eigenvalue weighted by molar-refractivity contribution is -0.143. The van der Waals surface area contributed by atoms with Crippen LogP contribution in [0.2, 0.25) is 5.04 Å². The largest absolute Gasteiger partial charge is 0.469 e. The fraction of sp³-hybridized carbons (Fsp3) is 0.476. The van der Waals surface area contributed by atoms with Crippen molar-refractivity contribution in [2.45, 2.75) is 96.3 Å². The molecule has 10 heteroatoms. The number of esters is 1. The predicted octanol–water partition coefficient (Wildman–Crippen LogP) is 6.32. The molecule has 3 aromatic carbocycles. The summed E-state index contributed by atoms with van der Waals surface area (Å²) in [7, 11) is -1.74. The topological polar surface area (TPSA) is 127 Å². The van der Waals surface area contributed by atoms with Gasteiger partial charge in [-0.25, -0.2) is 9.36 Å². The molecule has 0 spiro atoms. The number of para-hydroxylation sites is 1. The van der Waals surface area contributed by atoms with Gasteiger partial charge in [0.25, 0.3) is 8.32 Å². The lowest BCUT2D eigenvalue weighted by Gasteiger charge is -2.44. The molecule has 0 saturated heterocycles. The van der Waals surface area contributed by atoms with Crippen LogP contribution in [0.25, 0.3) is 10.9 Å². The van der Waals surface area contributed by atoms with Crippen molar-refractivity contribution in [1.29, 1.82) is 0 Å². The van der Waals surface area contributed by atoms with Crippen molar-refractivity contribution in [3.05, 3.63) is 96.2 Å². The Morgan fingerprint density at radius 3 is 1.88 bits per heavy atom. The van der Waals surface area contributed by atoms with E-state index in [-0.39, 0.29) is 43.9 Å². The van der Waals surface area contributed by atoms with Crippen LogP contribution >= 0.6 is 0 Å². The standard InChI is InChI=1S/C42H57NO8Si/c1-9-42(48,29-45)27-30(28-50-52(41(5,6)7,31-18-12-10-13-19-31)32-20-14-11-15-21-32)26-35(38(46)49-8)37-34(24-25-44)33-22-16-17-23-36(33)43(37)39(47)51-40(2,3)4/h10-23,30,35,44-45,48H,9,24-29H2,1-8H3/t30-,35?,42-/m1/s1. The van der Waals surface area contributed by atoms with Crippen molar-refractivity contribution in [3.8, 4) is 0 Å². The Hall–Kier alpha value is -3.80. The molecule has 1 heterocycles. The molecule has 1 aromatic heterocycles. The summed E-state index contributed by atoms with van der Waals surface area (Å²) in [5.74, 6) is -2.08. The van der Waals surface area contributed by atoms with Gasteiger partial charge in [0.05, 0.1) is 30.8 Å². The molecule has 0 bridgehead atoms. The van der Waals surface area contributed by atoms with Gasteiger partial charge in [-0.1, -0.05) is 107 Å². The second-order valence-electron chi connectivity index (χ2n) is 15.8.